The van der Waals surface area contributed by atoms with Gasteiger partial charge in [0.1, 0.15) is 0 Å². The van der Waals surface area contributed by atoms with Crippen molar-refractivity contribution in [1.29, 1.82) is 0 Å². The SMILES string of the molecule is [2H]C([2H])(C)C(=O)OC. The van der Waals surface area contributed by atoms with E-state index >= 15 is 0 Å². The van der Waals surface area contributed by atoms with Crippen LogP contribution in [0.2, 0.25) is 0 Å². The Morgan fingerprint density at radius 2 is 2.67 bits per heavy atom. The summed E-state index contributed by atoms with van der Waals surface area (Å²) in [6.07, 6.45) is -1.85. The highest BCUT2D eigenvalue weighted by Gasteiger charge is 1.87. The van der Waals surface area contributed by atoms with Crippen molar-refractivity contribution in [1.82, 2.24) is 0 Å². The maximum atomic E-state index is 10.2. The molecule has 0 N–H and O–H groups in total. The fourth-order valence-corrected chi connectivity index (χ4v) is 0.102. The molecule has 2 heteroatoms. The zero-order valence-corrected chi connectivity index (χ0v) is 3.82. The van der Waals surface area contributed by atoms with Crippen molar-refractivity contribution in [2.75, 3.05) is 7.11 Å². The van der Waals surface area contributed by atoms with Crippen molar-refractivity contribution in [3.63, 3.8) is 0 Å². The van der Waals surface area contributed by atoms with Crippen LogP contribution >= 0.6 is 0 Å². The van der Waals surface area contributed by atoms with Crippen molar-refractivity contribution >= 4 is 5.97 Å². The summed E-state index contributed by atoms with van der Waals surface area (Å²) in [6, 6.07) is 0. The highest BCUT2D eigenvalue weighted by molar-refractivity contribution is 5.68. The molecule has 36 valence electrons. The normalized spacial score (nSPS) is 15.0. The molecule has 0 fully saturated rings. The van der Waals surface area contributed by atoms with Gasteiger partial charge in [0.25, 0.3) is 0 Å². The lowest BCUT2D eigenvalue weighted by Gasteiger charge is -1.87. The smallest absolute Gasteiger partial charge is 0.305 e. The molecule has 0 aliphatic rings. The van der Waals surface area contributed by atoms with Gasteiger partial charge in [-0.25, -0.2) is 0 Å². The van der Waals surface area contributed by atoms with E-state index in [0.29, 0.717) is 0 Å². The van der Waals surface area contributed by atoms with Crippen LogP contribution in [0.3, 0.4) is 0 Å². The van der Waals surface area contributed by atoms with Crippen LogP contribution in [0.15, 0.2) is 0 Å². The van der Waals surface area contributed by atoms with Gasteiger partial charge in [0.2, 0.25) is 0 Å². The molecule has 0 aromatic rings. The lowest BCUT2D eigenvalue weighted by atomic mass is 10.5. The first-order valence-corrected chi connectivity index (χ1v) is 1.57. The van der Waals surface area contributed by atoms with Gasteiger partial charge in [0.15, 0.2) is 0 Å². The number of hydrogen-bond donors (Lipinski definition) is 0. The highest BCUT2D eigenvalue weighted by atomic mass is 16.5. The standard InChI is InChI=1S/C4H8O2/c1-3-4(5)6-2/h3H2,1-2H3/i3D2. The lowest BCUT2D eigenvalue weighted by Crippen LogP contribution is -1.94. The van der Waals surface area contributed by atoms with Crippen molar-refractivity contribution in [3.05, 3.63) is 0 Å². The van der Waals surface area contributed by atoms with Crippen LogP contribution in [0, 0.1) is 0 Å². The molecule has 0 aromatic heterocycles. The minimum atomic E-state index is -1.85. The first-order chi connectivity index (χ1) is 3.48. The zero-order chi connectivity index (χ0) is 6.78. The number of carbonyl (C=O) groups excluding carboxylic acids is 1. The predicted molar refractivity (Wildman–Crippen MR) is 22.3 cm³/mol. The van der Waals surface area contributed by atoms with Crippen LogP contribution < -0.4 is 0 Å². The van der Waals surface area contributed by atoms with Crippen LogP contribution in [-0.4, -0.2) is 13.1 Å². The number of esters is 1. The van der Waals surface area contributed by atoms with E-state index in [4.69, 9.17) is 2.74 Å². The molecular weight excluding hydrogens is 80.0 g/mol. The van der Waals surface area contributed by atoms with E-state index in [2.05, 4.69) is 4.74 Å². The maximum absolute atomic E-state index is 10.2. The van der Waals surface area contributed by atoms with E-state index in [9.17, 15) is 4.79 Å². The third-order valence-corrected chi connectivity index (χ3v) is 0.390. The van der Waals surface area contributed by atoms with E-state index in [1.165, 1.54) is 0 Å². The van der Waals surface area contributed by atoms with Gasteiger partial charge in [0.05, 0.1) is 7.11 Å². The number of carbonyl (C=O) groups is 1. The first-order valence-electron chi connectivity index (χ1n) is 2.57. The monoisotopic (exact) mass is 90.1 g/mol. The van der Waals surface area contributed by atoms with Crippen LogP contribution in [0.4, 0.5) is 0 Å². The van der Waals surface area contributed by atoms with Crippen LogP contribution in [0.5, 0.6) is 0 Å². The Bertz CT molecular complexity index is 94.7. The first kappa shape index (κ1) is 2.61. The molecule has 0 spiro atoms. The lowest BCUT2D eigenvalue weighted by molar-refractivity contribution is -0.140. The van der Waals surface area contributed by atoms with Gasteiger partial charge in [-0.3, -0.25) is 4.79 Å². The van der Waals surface area contributed by atoms with E-state index in [-0.39, 0.29) is 0 Å². The Kier molecular flexibility index (Phi) is 1.17. The van der Waals surface area contributed by atoms with Gasteiger partial charge < -0.3 is 4.74 Å². The Hall–Kier alpha value is -0.530. The molecule has 6 heavy (non-hydrogen) atoms. The quantitative estimate of drug-likeness (QED) is 0.440. The molecule has 0 radical (unpaired) electrons. The van der Waals surface area contributed by atoms with Crippen molar-refractivity contribution in [3.8, 4) is 0 Å². The number of hydrogen-bond acceptors (Lipinski definition) is 2. The number of ether oxygens (including phenoxy) is 1. The summed E-state index contributed by atoms with van der Waals surface area (Å²) in [6.45, 7) is 1.15. The van der Waals surface area contributed by atoms with E-state index in [0.717, 1.165) is 14.0 Å². The summed E-state index contributed by atoms with van der Waals surface area (Å²) in [5.41, 5.74) is 0. The predicted octanol–water partition coefficient (Wildman–Crippen LogP) is 0.569. The molecule has 0 heterocycles. The zero-order valence-electron chi connectivity index (χ0n) is 5.82. The molecule has 0 bridgehead atoms. The Balaban J connectivity index is 3.82. The summed E-state index contributed by atoms with van der Waals surface area (Å²) in [5.74, 6) is -0.836. The minimum Gasteiger partial charge on any atom is -0.469 e. The molecule has 0 unspecified atom stereocenters. The van der Waals surface area contributed by atoms with Crippen molar-refractivity contribution < 1.29 is 12.3 Å². The van der Waals surface area contributed by atoms with Crippen LogP contribution in [0.1, 0.15) is 16.0 Å². The second-order valence-electron chi connectivity index (χ2n) is 0.742. The molecule has 0 amide bonds. The second kappa shape index (κ2) is 2.69. The summed E-state index contributed by atoms with van der Waals surface area (Å²) < 4.78 is 17.6. The fourth-order valence-electron chi connectivity index (χ4n) is 0.102. The molecular formula is C4H8O2. The van der Waals surface area contributed by atoms with Crippen molar-refractivity contribution in [2.24, 2.45) is 0 Å². The minimum absolute atomic E-state index is 0.836. The summed E-state index contributed by atoms with van der Waals surface area (Å²) in [7, 11) is 1.16. The van der Waals surface area contributed by atoms with Crippen LogP contribution in [0.25, 0.3) is 0 Å². The van der Waals surface area contributed by atoms with Gasteiger partial charge in [-0.15, -0.1) is 0 Å². The van der Waals surface area contributed by atoms with Gasteiger partial charge in [-0.1, -0.05) is 6.92 Å². The topological polar surface area (TPSA) is 26.3 Å². The Morgan fingerprint density at radius 1 is 2.17 bits per heavy atom. The largest absolute Gasteiger partial charge is 0.469 e. The van der Waals surface area contributed by atoms with Gasteiger partial charge in [-0.05, 0) is 0 Å². The van der Waals surface area contributed by atoms with E-state index < -0.39 is 12.3 Å². The van der Waals surface area contributed by atoms with Gasteiger partial charge in [0, 0.05) is 9.11 Å². The second-order valence-corrected chi connectivity index (χ2v) is 0.742. The number of methoxy groups -OCH3 is 1. The van der Waals surface area contributed by atoms with E-state index in [1.54, 1.807) is 0 Å². The summed E-state index contributed by atoms with van der Waals surface area (Å²) in [4.78, 5) is 10.2. The third kappa shape index (κ3) is 1.76. The molecule has 0 saturated carbocycles. The number of rotatable bonds is 1. The molecule has 0 rings (SSSR count). The summed E-state index contributed by atoms with van der Waals surface area (Å²) >= 11 is 0. The van der Waals surface area contributed by atoms with Gasteiger partial charge >= 0.3 is 5.97 Å². The van der Waals surface area contributed by atoms with Crippen molar-refractivity contribution in [2.45, 2.75) is 13.3 Å². The molecule has 0 aliphatic carbocycles. The average Bonchev–Trinajstić information content (AvgIpc) is 1.62. The Morgan fingerprint density at radius 3 is 2.67 bits per heavy atom. The molecule has 0 atom stereocenters. The molecule has 0 saturated heterocycles. The maximum Gasteiger partial charge on any atom is 0.305 e. The molecule has 0 aromatic carbocycles. The van der Waals surface area contributed by atoms with Crippen LogP contribution in [-0.2, 0) is 9.53 Å². The third-order valence-electron chi connectivity index (χ3n) is 0.390. The van der Waals surface area contributed by atoms with Gasteiger partial charge in [-0.2, -0.15) is 0 Å². The average molecular weight is 90.1 g/mol. The molecule has 2 nitrogen and oxygen atoms in total. The molecule has 0 aliphatic heterocycles. The Labute approximate surface area is 39.9 Å². The summed E-state index contributed by atoms with van der Waals surface area (Å²) in [5, 5.41) is 0. The fraction of sp³-hybridized carbons (Fsp3) is 0.750. The van der Waals surface area contributed by atoms with E-state index in [1.807, 2.05) is 0 Å². The highest BCUT2D eigenvalue weighted by Crippen LogP contribution is 1.76.